The van der Waals surface area contributed by atoms with Crippen LogP contribution in [0.5, 0.6) is 0 Å². The van der Waals surface area contributed by atoms with E-state index in [2.05, 4.69) is 6.58 Å². The number of carbonyl (C=O) groups excluding carboxylic acids is 1. The first-order valence-corrected chi connectivity index (χ1v) is 8.21. The Morgan fingerprint density at radius 3 is 2.23 bits per heavy atom. The molecule has 0 unspecified atom stereocenters. The molecule has 0 heterocycles. The van der Waals surface area contributed by atoms with Gasteiger partial charge in [-0.2, -0.15) is 0 Å². The van der Waals surface area contributed by atoms with E-state index in [1.165, 1.54) is 4.31 Å². The van der Waals surface area contributed by atoms with Crippen molar-refractivity contribution in [2.75, 3.05) is 4.31 Å². The first-order chi connectivity index (χ1) is 10.5. The van der Waals surface area contributed by atoms with E-state index in [-0.39, 0.29) is 5.91 Å². The van der Waals surface area contributed by atoms with Gasteiger partial charge in [-0.3, -0.25) is 4.79 Å². The maximum atomic E-state index is 12.9. The summed E-state index contributed by atoms with van der Waals surface area (Å²) in [6.45, 7) is 7.61. The smallest absolute Gasteiger partial charge is 0.265 e. The minimum absolute atomic E-state index is 0.312. The average molecular weight is 313 g/mol. The third-order valence-corrected chi connectivity index (χ3v) is 4.68. The molecule has 114 valence electrons. The summed E-state index contributed by atoms with van der Waals surface area (Å²) < 4.78 is 14.2. The SMILES string of the molecule is C=C(CC)C(=O)N(c1ccccc1)[S@@](=O)c1ccc(C)cc1. The van der Waals surface area contributed by atoms with E-state index >= 15 is 0 Å². The van der Waals surface area contributed by atoms with E-state index in [0.29, 0.717) is 22.6 Å². The number of hydrogen-bond donors (Lipinski definition) is 0. The van der Waals surface area contributed by atoms with Gasteiger partial charge in [-0.25, -0.2) is 8.51 Å². The highest BCUT2D eigenvalue weighted by atomic mass is 32.2. The van der Waals surface area contributed by atoms with Crippen LogP contribution in [0.1, 0.15) is 18.9 Å². The van der Waals surface area contributed by atoms with Gasteiger partial charge in [0.05, 0.1) is 10.6 Å². The van der Waals surface area contributed by atoms with Gasteiger partial charge >= 0.3 is 0 Å². The molecule has 1 atom stereocenters. The van der Waals surface area contributed by atoms with Crippen LogP contribution < -0.4 is 4.31 Å². The van der Waals surface area contributed by atoms with Gasteiger partial charge in [0.1, 0.15) is 0 Å². The van der Waals surface area contributed by atoms with Gasteiger partial charge < -0.3 is 0 Å². The van der Waals surface area contributed by atoms with Gasteiger partial charge in [0.15, 0.2) is 11.0 Å². The van der Waals surface area contributed by atoms with E-state index < -0.39 is 11.0 Å². The van der Waals surface area contributed by atoms with E-state index in [9.17, 15) is 9.00 Å². The molecule has 22 heavy (non-hydrogen) atoms. The molecule has 0 radical (unpaired) electrons. The Hall–Kier alpha value is -2.20. The maximum Gasteiger partial charge on any atom is 0.265 e. The van der Waals surface area contributed by atoms with Crippen LogP contribution in [0.3, 0.4) is 0 Å². The lowest BCUT2D eigenvalue weighted by Crippen LogP contribution is -2.33. The van der Waals surface area contributed by atoms with Crippen molar-refractivity contribution in [3.63, 3.8) is 0 Å². The summed E-state index contributed by atoms with van der Waals surface area (Å²) >= 11 is 0. The van der Waals surface area contributed by atoms with Gasteiger partial charge in [0.2, 0.25) is 0 Å². The molecule has 0 aliphatic heterocycles. The van der Waals surface area contributed by atoms with Crippen molar-refractivity contribution in [3.8, 4) is 0 Å². The van der Waals surface area contributed by atoms with Gasteiger partial charge in [0, 0.05) is 5.57 Å². The zero-order valence-electron chi connectivity index (χ0n) is 12.8. The van der Waals surface area contributed by atoms with Crippen molar-refractivity contribution in [1.29, 1.82) is 0 Å². The number of rotatable bonds is 5. The van der Waals surface area contributed by atoms with Crippen molar-refractivity contribution >= 4 is 22.6 Å². The molecule has 0 fully saturated rings. The first-order valence-electron chi connectivity index (χ1n) is 7.10. The zero-order chi connectivity index (χ0) is 16.1. The molecule has 0 saturated carbocycles. The zero-order valence-corrected chi connectivity index (χ0v) is 13.6. The fourth-order valence-electron chi connectivity index (χ4n) is 1.91. The van der Waals surface area contributed by atoms with Crippen molar-refractivity contribution in [2.45, 2.75) is 25.2 Å². The molecular formula is C18H19NO2S. The highest BCUT2D eigenvalue weighted by Crippen LogP contribution is 2.23. The number of amides is 1. The Bertz CT molecular complexity index is 693. The molecule has 0 aliphatic carbocycles. The van der Waals surface area contributed by atoms with Crippen molar-refractivity contribution < 1.29 is 9.00 Å². The van der Waals surface area contributed by atoms with Gasteiger partial charge in [-0.05, 0) is 37.6 Å². The van der Waals surface area contributed by atoms with Crippen LogP contribution in [-0.2, 0) is 15.8 Å². The average Bonchev–Trinajstić information content (AvgIpc) is 2.55. The second-order valence-corrected chi connectivity index (χ2v) is 6.29. The second-order valence-electron chi connectivity index (χ2n) is 4.95. The molecule has 2 rings (SSSR count). The third-order valence-electron chi connectivity index (χ3n) is 3.29. The monoisotopic (exact) mass is 313 g/mol. The van der Waals surface area contributed by atoms with Gasteiger partial charge in [-0.15, -0.1) is 0 Å². The minimum atomic E-state index is -1.61. The summed E-state index contributed by atoms with van der Waals surface area (Å²) in [6.07, 6.45) is 0.521. The molecule has 0 aromatic heterocycles. The third kappa shape index (κ3) is 3.52. The van der Waals surface area contributed by atoms with Crippen LogP contribution in [0.25, 0.3) is 0 Å². The molecular weight excluding hydrogens is 294 g/mol. The number of nitrogens with zero attached hydrogens (tertiary/aromatic N) is 1. The Kier molecular flexibility index (Phi) is 5.28. The summed E-state index contributed by atoms with van der Waals surface area (Å²) in [5.74, 6) is -0.312. The lowest BCUT2D eigenvalue weighted by Gasteiger charge is -2.22. The molecule has 0 saturated heterocycles. The lowest BCUT2D eigenvalue weighted by atomic mass is 10.2. The van der Waals surface area contributed by atoms with Crippen LogP contribution in [0.4, 0.5) is 5.69 Å². The molecule has 4 heteroatoms. The van der Waals surface area contributed by atoms with Gasteiger partial charge in [-0.1, -0.05) is 49.4 Å². The summed E-state index contributed by atoms with van der Waals surface area (Å²) in [7, 11) is -1.61. The summed E-state index contributed by atoms with van der Waals surface area (Å²) in [6, 6.07) is 16.4. The van der Waals surface area contributed by atoms with E-state index in [1.807, 2.05) is 44.2 Å². The van der Waals surface area contributed by atoms with E-state index in [0.717, 1.165) is 5.56 Å². The minimum Gasteiger partial charge on any atom is -0.268 e. The molecule has 1 amide bonds. The Morgan fingerprint density at radius 1 is 1.09 bits per heavy atom. The standard InChI is InChI=1S/C18H19NO2S/c1-4-15(3)18(20)19(16-8-6-5-7-9-16)22(21)17-12-10-14(2)11-13-17/h5-13H,3-4H2,1-2H3/t22-/m0/s1. The topological polar surface area (TPSA) is 37.4 Å². The van der Waals surface area contributed by atoms with Crippen LogP contribution in [0.2, 0.25) is 0 Å². The highest BCUT2D eigenvalue weighted by Gasteiger charge is 2.24. The van der Waals surface area contributed by atoms with Crippen molar-refractivity contribution in [3.05, 3.63) is 72.3 Å². The Morgan fingerprint density at radius 2 is 1.68 bits per heavy atom. The maximum absolute atomic E-state index is 12.9. The van der Waals surface area contributed by atoms with Crippen LogP contribution in [0.15, 0.2) is 71.6 Å². The molecule has 0 N–H and O–H groups in total. The summed E-state index contributed by atoms with van der Waals surface area (Å²) in [5, 5.41) is 0. The van der Waals surface area contributed by atoms with Crippen LogP contribution in [0, 0.1) is 6.92 Å². The summed E-state index contributed by atoms with van der Waals surface area (Å²) in [4.78, 5) is 13.2. The fraction of sp³-hybridized carbons (Fsp3) is 0.167. The van der Waals surface area contributed by atoms with Crippen molar-refractivity contribution in [1.82, 2.24) is 0 Å². The number of benzene rings is 2. The number of anilines is 1. The Labute approximate surface area is 133 Å². The molecule has 0 spiro atoms. The molecule has 2 aromatic carbocycles. The molecule has 0 bridgehead atoms. The highest BCUT2D eigenvalue weighted by molar-refractivity contribution is 7.87. The second kappa shape index (κ2) is 7.18. The predicted molar refractivity (Wildman–Crippen MR) is 90.9 cm³/mol. The largest absolute Gasteiger partial charge is 0.268 e. The number of carbonyl (C=O) groups is 1. The predicted octanol–water partition coefficient (Wildman–Crippen LogP) is 4.02. The number of aryl methyl sites for hydroxylation is 1. The first kappa shape index (κ1) is 16.2. The molecule has 3 nitrogen and oxygen atoms in total. The number of para-hydroxylation sites is 1. The lowest BCUT2D eigenvalue weighted by molar-refractivity contribution is -0.114. The van der Waals surface area contributed by atoms with Crippen molar-refractivity contribution in [2.24, 2.45) is 0 Å². The normalized spacial score (nSPS) is 11.7. The number of hydrogen-bond acceptors (Lipinski definition) is 2. The van der Waals surface area contributed by atoms with E-state index in [4.69, 9.17) is 0 Å². The fourth-order valence-corrected chi connectivity index (χ4v) is 3.08. The quantitative estimate of drug-likeness (QED) is 0.782. The molecule has 2 aromatic rings. The molecule has 0 aliphatic rings. The van der Waals surface area contributed by atoms with Crippen LogP contribution in [-0.4, -0.2) is 10.1 Å². The van der Waals surface area contributed by atoms with Gasteiger partial charge in [0.25, 0.3) is 5.91 Å². The van der Waals surface area contributed by atoms with Crippen LogP contribution >= 0.6 is 0 Å². The Balaban J connectivity index is 2.44. The van der Waals surface area contributed by atoms with E-state index in [1.54, 1.807) is 24.3 Å². The summed E-state index contributed by atoms with van der Waals surface area (Å²) in [5.41, 5.74) is 2.11.